The number of nitrogens with zero attached hydrogens (tertiary/aromatic N) is 2. The molecule has 2 aromatic carbocycles. The summed E-state index contributed by atoms with van der Waals surface area (Å²) in [5.74, 6) is 1.22. The first kappa shape index (κ1) is 16.4. The van der Waals surface area contributed by atoms with E-state index >= 15 is 0 Å². The fraction of sp³-hybridized carbons (Fsp3) is 0.0500. The molecule has 0 atom stereocenters. The highest BCUT2D eigenvalue weighted by atomic mass is 16.5. The van der Waals surface area contributed by atoms with Gasteiger partial charge in [0.05, 0.1) is 11.3 Å². The van der Waals surface area contributed by atoms with Crippen LogP contribution in [-0.4, -0.2) is 16.6 Å². The predicted molar refractivity (Wildman–Crippen MR) is 96.9 cm³/mol. The summed E-state index contributed by atoms with van der Waals surface area (Å²) >= 11 is 0. The van der Waals surface area contributed by atoms with Crippen molar-refractivity contribution in [2.45, 2.75) is 6.92 Å². The summed E-state index contributed by atoms with van der Waals surface area (Å²) in [4.78, 5) is 15.9. The lowest BCUT2D eigenvalue weighted by Gasteiger charge is -2.07. The van der Waals surface area contributed by atoms with Crippen molar-refractivity contribution in [3.05, 3.63) is 90.3 Å². The Morgan fingerprint density at radius 1 is 0.920 bits per heavy atom. The van der Waals surface area contributed by atoms with Gasteiger partial charge >= 0.3 is 0 Å². The highest BCUT2D eigenvalue weighted by Gasteiger charge is 2.05. The summed E-state index contributed by atoms with van der Waals surface area (Å²) in [5.41, 5.74) is 4.59. The van der Waals surface area contributed by atoms with E-state index in [1.54, 1.807) is 18.3 Å². The Balaban J connectivity index is 1.64. The number of carbonyl (C=O) groups excluding carboxylic acids is 1. The van der Waals surface area contributed by atoms with Crippen molar-refractivity contribution in [1.29, 1.82) is 0 Å². The topological polar surface area (TPSA) is 63.6 Å². The number of carbonyl (C=O) groups is 1. The van der Waals surface area contributed by atoms with Crippen LogP contribution in [0, 0.1) is 0 Å². The van der Waals surface area contributed by atoms with E-state index in [-0.39, 0.29) is 5.91 Å². The first-order valence-corrected chi connectivity index (χ1v) is 7.80. The molecule has 0 fully saturated rings. The Morgan fingerprint density at radius 2 is 1.64 bits per heavy atom. The minimum absolute atomic E-state index is 0.295. The van der Waals surface area contributed by atoms with Crippen molar-refractivity contribution in [1.82, 2.24) is 10.4 Å². The van der Waals surface area contributed by atoms with Gasteiger partial charge in [-0.05, 0) is 61.0 Å². The molecule has 5 heteroatoms. The molecule has 0 aliphatic rings. The van der Waals surface area contributed by atoms with E-state index in [2.05, 4.69) is 15.5 Å². The van der Waals surface area contributed by atoms with Gasteiger partial charge in [-0.15, -0.1) is 0 Å². The number of rotatable bonds is 5. The maximum absolute atomic E-state index is 12.0. The molecule has 124 valence electrons. The van der Waals surface area contributed by atoms with Gasteiger partial charge in [0.25, 0.3) is 5.91 Å². The highest BCUT2D eigenvalue weighted by molar-refractivity contribution is 6.00. The number of hydrogen-bond donors (Lipinski definition) is 1. The smallest absolute Gasteiger partial charge is 0.272 e. The minimum atomic E-state index is -0.295. The van der Waals surface area contributed by atoms with Crippen LogP contribution in [0.15, 0.2) is 84.2 Å². The molecule has 0 spiro atoms. The molecule has 3 aromatic rings. The molecule has 0 saturated heterocycles. The minimum Gasteiger partial charge on any atom is -0.457 e. The van der Waals surface area contributed by atoms with Gasteiger partial charge in [-0.1, -0.05) is 18.2 Å². The molecule has 0 aliphatic heterocycles. The monoisotopic (exact) mass is 331 g/mol. The SMILES string of the molecule is C/C(=N/NC(=O)c1cccnc1)c1ccc(Oc2ccccc2)cc1. The number of aromatic nitrogens is 1. The number of ether oxygens (including phenoxy) is 1. The lowest BCUT2D eigenvalue weighted by Crippen LogP contribution is -2.19. The van der Waals surface area contributed by atoms with Gasteiger partial charge in [-0.3, -0.25) is 9.78 Å². The van der Waals surface area contributed by atoms with Crippen LogP contribution in [0.4, 0.5) is 0 Å². The van der Waals surface area contributed by atoms with E-state index in [4.69, 9.17) is 4.74 Å². The number of amides is 1. The summed E-state index contributed by atoms with van der Waals surface area (Å²) in [5, 5.41) is 4.13. The third kappa shape index (κ3) is 4.51. The number of nitrogens with one attached hydrogen (secondary N) is 1. The molecule has 25 heavy (non-hydrogen) atoms. The van der Waals surface area contributed by atoms with Gasteiger partial charge in [-0.25, -0.2) is 5.43 Å². The van der Waals surface area contributed by atoms with Gasteiger partial charge < -0.3 is 4.74 Å². The Bertz CT molecular complexity index is 860. The van der Waals surface area contributed by atoms with E-state index in [1.165, 1.54) is 6.20 Å². The maximum Gasteiger partial charge on any atom is 0.272 e. The molecule has 1 N–H and O–H groups in total. The molecular weight excluding hydrogens is 314 g/mol. The average Bonchev–Trinajstić information content (AvgIpc) is 2.68. The third-order valence-electron chi connectivity index (χ3n) is 3.50. The molecule has 0 aliphatic carbocycles. The van der Waals surface area contributed by atoms with Crippen LogP contribution in [0.3, 0.4) is 0 Å². The van der Waals surface area contributed by atoms with Crippen LogP contribution in [0.5, 0.6) is 11.5 Å². The summed E-state index contributed by atoms with van der Waals surface area (Å²) < 4.78 is 5.75. The molecule has 1 amide bonds. The molecule has 0 saturated carbocycles. The zero-order chi connectivity index (χ0) is 17.5. The largest absolute Gasteiger partial charge is 0.457 e. The number of hydrogen-bond acceptors (Lipinski definition) is 4. The van der Waals surface area contributed by atoms with Crippen LogP contribution in [0.2, 0.25) is 0 Å². The van der Waals surface area contributed by atoms with Crippen LogP contribution in [0.25, 0.3) is 0 Å². The zero-order valence-corrected chi connectivity index (χ0v) is 13.7. The lowest BCUT2D eigenvalue weighted by molar-refractivity contribution is 0.0954. The molecule has 0 unspecified atom stereocenters. The van der Waals surface area contributed by atoms with Crippen molar-refractivity contribution in [3.63, 3.8) is 0 Å². The molecule has 5 nitrogen and oxygen atoms in total. The lowest BCUT2D eigenvalue weighted by atomic mass is 10.1. The standard InChI is InChI=1S/C20H17N3O2/c1-15(22-23-20(24)17-6-5-13-21-14-17)16-9-11-19(12-10-16)25-18-7-3-2-4-8-18/h2-14H,1H3,(H,23,24)/b22-15-. The fourth-order valence-electron chi connectivity index (χ4n) is 2.15. The van der Waals surface area contributed by atoms with Crippen LogP contribution >= 0.6 is 0 Å². The van der Waals surface area contributed by atoms with E-state index < -0.39 is 0 Å². The van der Waals surface area contributed by atoms with Crippen LogP contribution in [-0.2, 0) is 0 Å². The molecule has 1 heterocycles. The molecule has 3 rings (SSSR count). The first-order valence-electron chi connectivity index (χ1n) is 7.80. The van der Waals surface area contributed by atoms with Gasteiger partial charge in [0.1, 0.15) is 11.5 Å². The highest BCUT2D eigenvalue weighted by Crippen LogP contribution is 2.21. The molecule has 0 radical (unpaired) electrons. The maximum atomic E-state index is 12.0. The Labute approximate surface area is 146 Å². The molecule has 0 bridgehead atoms. The Morgan fingerprint density at radius 3 is 2.32 bits per heavy atom. The number of pyridine rings is 1. The second-order valence-electron chi connectivity index (χ2n) is 5.32. The van der Waals surface area contributed by atoms with Crippen molar-refractivity contribution in [3.8, 4) is 11.5 Å². The normalized spacial score (nSPS) is 11.0. The number of benzene rings is 2. The Hall–Kier alpha value is -3.47. The van der Waals surface area contributed by atoms with E-state index in [1.807, 2.05) is 61.5 Å². The summed E-state index contributed by atoms with van der Waals surface area (Å²) in [6, 6.07) is 20.5. The van der Waals surface area contributed by atoms with Gasteiger partial charge in [0.2, 0.25) is 0 Å². The van der Waals surface area contributed by atoms with E-state index in [0.29, 0.717) is 11.3 Å². The first-order chi connectivity index (χ1) is 12.2. The number of para-hydroxylation sites is 1. The molecular formula is C20H17N3O2. The van der Waals surface area contributed by atoms with Crippen molar-refractivity contribution < 1.29 is 9.53 Å². The number of hydrazone groups is 1. The van der Waals surface area contributed by atoms with Gasteiger partial charge in [0, 0.05) is 12.4 Å². The molecule has 1 aromatic heterocycles. The zero-order valence-electron chi connectivity index (χ0n) is 13.7. The van der Waals surface area contributed by atoms with Gasteiger partial charge in [-0.2, -0.15) is 5.10 Å². The summed E-state index contributed by atoms with van der Waals surface area (Å²) in [6.45, 7) is 1.83. The second kappa shape index (κ2) is 7.88. The Kier molecular flexibility index (Phi) is 5.16. The van der Waals surface area contributed by atoms with Gasteiger partial charge in [0.15, 0.2) is 0 Å². The average molecular weight is 331 g/mol. The van der Waals surface area contributed by atoms with Crippen molar-refractivity contribution in [2.24, 2.45) is 5.10 Å². The quantitative estimate of drug-likeness (QED) is 0.567. The fourth-order valence-corrected chi connectivity index (χ4v) is 2.15. The second-order valence-corrected chi connectivity index (χ2v) is 5.32. The predicted octanol–water partition coefficient (Wildman–Crippen LogP) is 4.03. The van der Waals surface area contributed by atoms with Crippen LogP contribution in [0.1, 0.15) is 22.8 Å². The summed E-state index contributed by atoms with van der Waals surface area (Å²) in [7, 11) is 0. The van der Waals surface area contributed by atoms with Crippen molar-refractivity contribution in [2.75, 3.05) is 0 Å². The van der Waals surface area contributed by atoms with Crippen LogP contribution < -0.4 is 10.2 Å². The third-order valence-corrected chi connectivity index (χ3v) is 3.50. The van der Waals surface area contributed by atoms with E-state index in [9.17, 15) is 4.79 Å². The van der Waals surface area contributed by atoms with E-state index in [0.717, 1.165) is 17.1 Å². The van der Waals surface area contributed by atoms with Crippen molar-refractivity contribution >= 4 is 11.6 Å². The summed E-state index contributed by atoms with van der Waals surface area (Å²) in [6.07, 6.45) is 3.11.